The van der Waals surface area contributed by atoms with E-state index >= 15 is 0 Å². The molecule has 0 aliphatic rings. The zero-order valence-electron chi connectivity index (χ0n) is 14.6. The third kappa shape index (κ3) is 3.93. The molecule has 1 atom stereocenters. The Bertz CT molecular complexity index is 827. The molecule has 2 N–H and O–H groups in total. The van der Waals surface area contributed by atoms with Crippen LogP contribution in [0.2, 0.25) is 0 Å². The van der Waals surface area contributed by atoms with Crippen LogP contribution in [0.15, 0.2) is 29.1 Å². The Balaban J connectivity index is 2.62. The predicted octanol–water partition coefficient (Wildman–Crippen LogP) is 2.10. The number of rotatable bonds is 6. The van der Waals surface area contributed by atoms with Gasteiger partial charge in [-0.25, -0.2) is 0 Å². The Morgan fingerprint density at radius 2 is 1.84 bits per heavy atom. The molecule has 7 heteroatoms. The summed E-state index contributed by atoms with van der Waals surface area (Å²) in [5.41, 5.74) is 0.785. The molecule has 1 aromatic carbocycles. The van der Waals surface area contributed by atoms with Crippen LogP contribution in [0.4, 0.5) is 0 Å². The van der Waals surface area contributed by atoms with Crippen LogP contribution in [0.5, 0.6) is 17.2 Å². The van der Waals surface area contributed by atoms with Gasteiger partial charge in [0.05, 0.1) is 33.3 Å². The van der Waals surface area contributed by atoms with Crippen molar-refractivity contribution < 1.29 is 24.1 Å². The Labute approximate surface area is 145 Å². The van der Waals surface area contributed by atoms with Crippen LogP contribution in [0, 0.1) is 6.92 Å². The van der Waals surface area contributed by atoms with Crippen molar-refractivity contribution in [2.75, 3.05) is 21.3 Å². The van der Waals surface area contributed by atoms with Crippen LogP contribution in [-0.2, 0) is 9.53 Å². The third-order valence-electron chi connectivity index (χ3n) is 3.94. The van der Waals surface area contributed by atoms with Crippen molar-refractivity contribution in [3.8, 4) is 17.2 Å². The van der Waals surface area contributed by atoms with Crippen molar-refractivity contribution in [1.82, 2.24) is 4.98 Å². The fourth-order valence-corrected chi connectivity index (χ4v) is 2.72. The van der Waals surface area contributed by atoms with Gasteiger partial charge in [0, 0.05) is 11.6 Å². The lowest BCUT2D eigenvalue weighted by Gasteiger charge is -2.19. The Morgan fingerprint density at radius 3 is 2.40 bits per heavy atom. The molecule has 7 nitrogen and oxygen atoms in total. The van der Waals surface area contributed by atoms with Crippen LogP contribution < -0.4 is 15.0 Å². The minimum absolute atomic E-state index is 0.100. The molecule has 0 spiro atoms. The lowest BCUT2D eigenvalue weighted by atomic mass is 9.88. The number of esters is 1. The van der Waals surface area contributed by atoms with Crippen LogP contribution in [0.25, 0.3) is 0 Å². The van der Waals surface area contributed by atoms with Gasteiger partial charge in [-0.05, 0) is 30.7 Å². The molecule has 1 heterocycles. The van der Waals surface area contributed by atoms with E-state index in [4.69, 9.17) is 14.2 Å². The van der Waals surface area contributed by atoms with E-state index in [1.54, 1.807) is 25.1 Å². The maximum atomic E-state index is 12.4. The average Bonchev–Trinajstić information content (AvgIpc) is 2.59. The number of methoxy groups -OCH3 is 3. The number of benzene rings is 1. The average molecular weight is 347 g/mol. The van der Waals surface area contributed by atoms with Gasteiger partial charge >= 0.3 is 5.97 Å². The second-order valence-corrected chi connectivity index (χ2v) is 5.53. The number of hydrogen-bond donors (Lipinski definition) is 2. The second-order valence-electron chi connectivity index (χ2n) is 5.53. The lowest BCUT2D eigenvalue weighted by Crippen LogP contribution is -2.21. The summed E-state index contributed by atoms with van der Waals surface area (Å²) in [7, 11) is 4.28. The van der Waals surface area contributed by atoms with Crippen molar-refractivity contribution in [2.45, 2.75) is 19.3 Å². The quantitative estimate of drug-likeness (QED) is 0.777. The van der Waals surface area contributed by atoms with Crippen LogP contribution in [-0.4, -0.2) is 37.4 Å². The first-order valence-electron chi connectivity index (χ1n) is 7.62. The van der Waals surface area contributed by atoms with Gasteiger partial charge in [-0.2, -0.15) is 0 Å². The smallest absolute Gasteiger partial charge is 0.306 e. The molecule has 25 heavy (non-hydrogen) atoms. The molecule has 1 unspecified atom stereocenters. The zero-order chi connectivity index (χ0) is 18.6. The Hall–Kier alpha value is -2.96. The topological polar surface area (TPSA) is 97.8 Å². The fourth-order valence-electron chi connectivity index (χ4n) is 2.72. The number of aromatic amines is 1. The van der Waals surface area contributed by atoms with Crippen molar-refractivity contribution in [3.63, 3.8) is 0 Å². The molecule has 0 amide bonds. The van der Waals surface area contributed by atoms with Crippen LogP contribution >= 0.6 is 0 Å². The monoisotopic (exact) mass is 347 g/mol. The van der Waals surface area contributed by atoms with E-state index in [0.717, 1.165) is 0 Å². The number of aryl methyl sites for hydroxylation is 1. The number of carbonyl (C=O) groups excluding carboxylic acids is 1. The first kappa shape index (κ1) is 18.4. The van der Waals surface area contributed by atoms with Crippen molar-refractivity contribution in [2.24, 2.45) is 0 Å². The maximum absolute atomic E-state index is 12.4. The molecular formula is C18H21NO6. The largest absolute Gasteiger partial charge is 0.507 e. The van der Waals surface area contributed by atoms with Crippen molar-refractivity contribution in [1.29, 1.82) is 0 Å². The molecule has 0 aliphatic heterocycles. The van der Waals surface area contributed by atoms with Gasteiger partial charge in [0.25, 0.3) is 5.56 Å². The highest BCUT2D eigenvalue weighted by Crippen LogP contribution is 2.36. The summed E-state index contributed by atoms with van der Waals surface area (Å²) in [5, 5.41) is 10.3. The maximum Gasteiger partial charge on any atom is 0.306 e. The number of aromatic hydroxyl groups is 1. The molecule has 0 aliphatic carbocycles. The summed E-state index contributed by atoms with van der Waals surface area (Å²) in [6.45, 7) is 1.66. The molecule has 1 aromatic heterocycles. The predicted molar refractivity (Wildman–Crippen MR) is 91.5 cm³/mol. The minimum Gasteiger partial charge on any atom is -0.507 e. The molecule has 2 rings (SSSR count). The van der Waals surface area contributed by atoms with E-state index in [1.165, 1.54) is 27.4 Å². The molecule has 0 fully saturated rings. The van der Waals surface area contributed by atoms with Crippen LogP contribution in [0.1, 0.15) is 29.2 Å². The highest BCUT2D eigenvalue weighted by Gasteiger charge is 2.26. The summed E-state index contributed by atoms with van der Waals surface area (Å²) < 4.78 is 15.2. The summed E-state index contributed by atoms with van der Waals surface area (Å²) in [6, 6.07) is 6.51. The molecule has 0 saturated carbocycles. The number of aromatic nitrogens is 1. The van der Waals surface area contributed by atoms with Gasteiger partial charge in [0.1, 0.15) is 5.75 Å². The summed E-state index contributed by atoms with van der Waals surface area (Å²) >= 11 is 0. The SMILES string of the molecule is COC(=O)CC(c1ccc(OC)c(OC)c1)c1c(O)cc(C)[nH]c1=O. The van der Waals surface area contributed by atoms with Crippen molar-refractivity contribution >= 4 is 5.97 Å². The Morgan fingerprint density at radius 1 is 1.16 bits per heavy atom. The van der Waals surface area contributed by atoms with Gasteiger partial charge in [-0.3, -0.25) is 9.59 Å². The highest BCUT2D eigenvalue weighted by atomic mass is 16.5. The number of H-pyrrole nitrogens is 1. The van der Waals surface area contributed by atoms with Gasteiger partial charge in [0.2, 0.25) is 0 Å². The first-order valence-corrected chi connectivity index (χ1v) is 7.62. The van der Waals surface area contributed by atoms with E-state index in [2.05, 4.69) is 4.98 Å². The molecule has 0 saturated heterocycles. The van der Waals surface area contributed by atoms with Gasteiger partial charge in [0.15, 0.2) is 11.5 Å². The number of carbonyl (C=O) groups is 1. The number of hydrogen-bond acceptors (Lipinski definition) is 6. The minimum atomic E-state index is -0.698. The van der Waals surface area contributed by atoms with Gasteiger partial charge in [-0.15, -0.1) is 0 Å². The van der Waals surface area contributed by atoms with E-state index < -0.39 is 17.4 Å². The second kappa shape index (κ2) is 7.74. The van der Waals surface area contributed by atoms with Gasteiger partial charge < -0.3 is 24.3 Å². The third-order valence-corrected chi connectivity index (χ3v) is 3.94. The number of nitrogens with one attached hydrogen (secondary N) is 1. The Kier molecular flexibility index (Phi) is 5.69. The summed E-state index contributed by atoms with van der Waals surface area (Å²) in [5.74, 6) is -0.399. The van der Waals surface area contributed by atoms with E-state index in [-0.39, 0.29) is 17.7 Å². The standard InChI is InChI=1S/C18H21NO6/c1-10-7-13(20)17(18(22)19-10)12(9-16(21)25-4)11-5-6-14(23-2)15(8-11)24-3/h5-8,12H,9H2,1-4H3,(H2,19,20,22). The summed E-state index contributed by atoms with van der Waals surface area (Å²) in [4.78, 5) is 26.9. The zero-order valence-corrected chi connectivity index (χ0v) is 14.6. The molecule has 2 aromatic rings. The number of ether oxygens (including phenoxy) is 3. The van der Waals surface area contributed by atoms with Crippen LogP contribution in [0.3, 0.4) is 0 Å². The molecule has 134 valence electrons. The first-order chi connectivity index (χ1) is 11.9. The highest BCUT2D eigenvalue weighted by molar-refractivity contribution is 5.71. The number of pyridine rings is 1. The molecule has 0 bridgehead atoms. The van der Waals surface area contributed by atoms with E-state index in [0.29, 0.717) is 22.8 Å². The summed E-state index contributed by atoms with van der Waals surface area (Å²) in [6.07, 6.45) is -0.105. The lowest BCUT2D eigenvalue weighted by molar-refractivity contribution is -0.140. The van der Waals surface area contributed by atoms with Gasteiger partial charge in [-0.1, -0.05) is 6.07 Å². The molecule has 0 radical (unpaired) electrons. The normalized spacial score (nSPS) is 11.7. The van der Waals surface area contributed by atoms with E-state index in [1.807, 2.05) is 0 Å². The van der Waals surface area contributed by atoms with E-state index in [9.17, 15) is 14.7 Å². The van der Waals surface area contributed by atoms with Crippen molar-refractivity contribution in [3.05, 3.63) is 51.4 Å². The molecular weight excluding hydrogens is 326 g/mol. The fraction of sp³-hybridized carbons (Fsp3) is 0.333.